The van der Waals surface area contributed by atoms with E-state index in [4.69, 9.17) is 4.74 Å². The number of rotatable bonds is 5. The second-order valence-electron chi connectivity index (χ2n) is 8.91. The molecular weight excluding hydrogens is 502 g/mol. The van der Waals surface area contributed by atoms with E-state index in [1.807, 2.05) is 82.3 Å². The Morgan fingerprint density at radius 2 is 1.86 bits per heavy atom. The molecule has 0 atom stereocenters. The molecule has 2 aromatic heterocycles. The number of thiophene rings is 1. The van der Waals surface area contributed by atoms with Gasteiger partial charge in [0.1, 0.15) is 10.6 Å². The number of amides is 1. The Hall–Kier alpha value is -3.62. The van der Waals surface area contributed by atoms with Gasteiger partial charge in [-0.25, -0.2) is 9.79 Å². The SMILES string of the molecule is CCOC(=O)c1c(-n2c(C)cc(/C=C3/SC(=Nc4ccc(C)c(C)c4)NC3=O)c2C)sc2ccccc12. The van der Waals surface area contributed by atoms with Gasteiger partial charge in [0.05, 0.1) is 17.2 Å². The van der Waals surface area contributed by atoms with Gasteiger partial charge >= 0.3 is 5.97 Å². The fourth-order valence-electron chi connectivity index (χ4n) is 4.37. The van der Waals surface area contributed by atoms with E-state index in [9.17, 15) is 9.59 Å². The molecule has 0 aliphatic carbocycles. The number of hydrogen-bond acceptors (Lipinski definition) is 6. The Bertz CT molecular complexity index is 1620. The molecule has 1 amide bonds. The van der Waals surface area contributed by atoms with Gasteiger partial charge in [0.2, 0.25) is 0 Å². The highest BCUT2D eigenvalue weighted by atomic mass is 32.2. The van der Waals surface area contributed by atoms with Crippen LogP contribution in [0.1, 0.15) is 45.4 Å². The number of ether oxygens (including phenoxy) is 1. The summed E-state index contributed by atoms with van der Waals surface area (Å²) in [4.78, 5) is 30.9. The molecule has 2 aromatic carbocycles. The molecule has 8 heteroatoms. The van der Waals surface area contributed by atoms with Crippen LogP contribution in [-0.4, -0.2) is 28.2 Å². The van der Waals surface area contributed by atoms with Crippen LogP contribution in [0.3, 0.4) is 0 Å². The molecule has 5 rings (SSSR count). The zero-order valence-electron chi connectivity index (χ0n) is 21.3. The van der Waals surface area contributed by atoms with Gasteiger partial charge in [-0.05, 0) is 93.4 Å². The molecule has 3 heterocycles. The third-order valence-electron chi connectivity index (χ3n) is 6.39. The Labute approximate surface area is 224 Å². The first-order valence-corrected chi connectivity index (χ1v) is 13.6. The van der Waals surface area contributed by atoms with Crippen LogP contribution >= 0.6 is 23.1 Å². The van der Waals surface area contributed by atoms with E-state index in [2.05, 4.69) is 21.8 Å². The second kappa shape index (κ2) is 10.0. The third kappa shape index (κ3) is 4.74. The summed E-state index contributed by atoms with van der Waals surface area (Å²) in [7, 11) is 0. The van der Waals surface area contributed by atoms with Crippen LogP contribution in [0.5, 0.6) is 0 Å². The fourth-order valence-corrected chi connectivity index (χ4v) is 6.51. The number of amidine groups is 1. The molecule has 0 radical (unpaired) electrons. The molecule has 0 bridgehead atoms. The molecule has 0 saturated carbocycles. The highest BCUT2D eigenvalue weighted by molar-refractivity contribution is 8.18. The quantitative estimate of drug-likeness (QED) is 0.223. The first-order valence-electron chi connectivity index (χ1n) is 12.0. The van der Waals surface area contributed by atoms with Gasteiger partial charge in [-0.15, -0.1) is 11.3 Å². The lowest BCUT2D eigenvalue weighted by Gasteiger charge is -2.10. The number of nitrogens with zero attached hydrogens (tertiary/aromatic N) is 2. The monoisotopic (exact) mass is 529 g/mol. The largest absolute Gasteiger partial charge is 0.462 e. The summed E-state index contributed by atoms with van der Waals surface area (Å²) in [5.41, 5.74) is 6.55. The topological polar surface area (TPSA) is 72.7 Å². The standard InChI is InChI=1S/C29H27N3O3S2/c1-6-35-28(34)25-22-9-7-8-10-23(22)36-27(25)32-18(4)14-20(19(32)5)15-24-26(33)31-29(37-24)30-21-12-11-16(2)17(3)13-21/h7-15H,6H2,1-5H3,(H,30,31,33)/b24-15+. The molecular formula is C29H27N3O3S2. The van der Waals surface area contributed by atoms with Crippen LogP contribution in [0, 0.1) is 27.7 Å². The van der Waals surface area contributed by atoms with Gasteiger partial charge in [-0.3, -0.25) is 4.79 Å². The Kier molecular flexibility index (Phi) is 6.79. The second-order valence-corrected chi connectivity index (χ2v) is 11.0. The van der Waals surface area contributed by atoms with E-state index in [-0.39, 0.29) is 11.9 Å². The molecule has 4 aromatic rings. The van der Waals surface area contributed by atoms with Crippen molar-refractivity contribution in [2.75, 3.05) is 6.61 Å². The van der Waals surface area contributed by atoms with Crippen molar-refractivity contribution < 1.29 is 14.3 Å². The van der Waals surface area contributed by atoms with Crippen molar-refractivity contribution in [2.45, 2.75) is 34.6 Å². The van der Waals surface area contributed by atoms with Crippen molar-refractivity contribution in [1.29, 1.82) is 0 Å². The maximum absolute atomic E-state index is 13.0. The number of nitrogens with one attached hydrogen (secondary N) is 1. The molecule has 0 spiro atoms. The summed E-state index contributed by atoms with van der Waals surface area (Å²) in [6, 6.07) is 15.9. The van der Waals surface area contributed by atoms with E-state index in [0.717, 1.165) is 43.3 Å². The first-order chi connectivity index (χ1) is 17.8. The first kappa shape index (κ1) is 25.0. The number of fused-ring (bicyclic) bond motifs is 1. The Morgan fingerprint density at radius 3 is 2.62 bits per heavy atom. The maximum atomic E-state index is 13.0. The molecule has 1 aliphatic rings. The smallest absolute Gasteiger partial charge is 0.341 e. The summed E-state index contributed by atoms with van der Waals surface area (Å²) >= 11 is 2.88. The van der Waals surface area contributed by atoms with E-state index < -0.39 is 0 Å². The number of carbonyl (C=O) groups is 2. The number of esters is 1. The van der Waals surface area contributed by atoms with Crippen LogP contribution in [0.25, 0.3) is 21.2 Å². The van der Waals surface area contributed by atoms with Crippen LogP contribution in [0.15, 0.2) is 58.4 Å². The number of aliphatic imine (C=N–C) groups is 1. The van der Waals surface area contributed by atoms with Gasteiger partial charge < -0.3 is 14.6 Å². The number of carbonyl (C=O) groups excluding carboxylic acids is 2. The number of thioether (sulfide) groups is 1. The summed E-state index contributed by atoms with van der Waals surface area (Å²) in [6.45, 7) is 10.2. The van der Waals surface area contributed by atoms with Crippen LogP contribution < -0.4 is 5.32 Å². The fraction of sp³-hybridized carbons (Fsp3) is 0.207. The van der Waals surface area contributed by atoms with Crippen molar-refractivity contribution in [3.63, 3.8) is 0 Å². The third-order valence-corrected chi connectivity index (χ3v) is 8.45. The van der Waals surface area contributed by atoms with Crippen molar-refractivity contribution in [3.05, 3.63) is 87.1 Å². The van der Waals surface area contributed by atoms with E-state index in [0.29, 0.717) is 22.2 Å². The zero-order valence-corrected chi connectivity index (χ0v) is 23.0. The molecule has 6 nitrogen and oxygen atoms in total. The molecule has 37 heavy (non-hydrogen) atoms. The van der Waals surface area contributed by atoms with Crippen molar-refractivity contribution in [1.82, 2.24) is 9.88 Å². The van der Waals surface area contributed by atoms with Gasteiger partial charge in [-0.2, -0.15) is 0 Å². The van der Waals surface area contributed by atoms with Crippen LogP contribution in [0.2, 0.25) is 0 Å². The summed E-state index contributed by atoms with van der Waals surface area (Å²) in [5.74, 6) is -0.508. The lowest BCUT2D eigenvalue weighted by atomic mass is 10.1. The maximum Gasteiger partial charge on any atom is 0.341 e. The summed E-state index contributed by atoms with van der Waals surface area (Å²) in [5, 5.41) is 5.13. The summed E-state index contributed by atoms with van der Waals surface area (Å²) < 4.78 is 8.51. The molecule has 0 unspecified atom stereocenters. The van der Waals surface area contributed by atoms with Gasteiger partial charge in [0.15, 0.2) is 5.17 Å². The minimum Gasteiger partial charge on any atom is -0.462 e. The number of hydrogen-bond donors (Lipinski definition) is 1. The van der Waals surface area contributed by atoms with Crippen LogP contribution in [-0.2, 0) is 9.53 Å². The highest BCUT2D eigenvalue weighted by Crippen LogP contribution is 2.38. The molecule has 1 saturated heterocycles. The minimum atomic E-state index is -0.333. The zero-order chi connectivity index (χ0) is 26.3. The average molecular weight is 530 g/mol. The van der Waals surface area contributed by atoms with Gasteiger partial charge in [0, 0.05) is 21.5 Å². The predicted octanol–water partition coefficient (Wildman–Crippen LogP) is 6.99. The minimum absolute atomic E-state index is 0.175. The van der Waals surface area contributed by atoms with E-state index in [1.165, 1.54) is 17.3 Å². The molecule has 188 valence electrons. The predicted molar refractivity (Wildman–Crippen MR) is 153 cm³/mol. The molecule has 1 N–H and O–H groups in total. The number of aryl methyl sites for hydroxylation is 3. The highest BCUT2D eigenvalue weighted by Gasteiger charge is 2.26. The van der Waals surface area contributed by atoms with Crippen LogP contribution in [0.4, 0.5) is 5.69 Å². The summed E-state index contributed by atoms with van der Waals surface area (Å²) in [6.07, 6.45) is 1.89. The van der Waals surface area contributed by atoms with E-state index in [1.54, 1.807) is 11.3 Å². The number of benzene rings is 2. The van der Waals surface area contributed by atoms with Gasteiger partial charge in [-0.1, -0.05) is 24.3 Å². The normalized spacial score (nSPS) is 15.6. The van der Waals surface area contributed by atoms with Crippen molar-refractivity contribution >= 4 is 62.0 Å². The van der Waals surface area contributed by atoms with Crippen molar-refractivity contribution in [3.8, 4) is 5.00 Å². The molecule has 1 fully saturated rings. The number of aromatic nitrogens is 1. The lowest BCUT2D eigenvalue weighted by molar-refractivity contribution is -0.115. The average Bonchev–Trinajstić information content (AvgIpc) is 3.49. The lowest BCUT2D eigenvalue weighted by Crippen LogP contribution is -2.19. The Balaban J connectivity index is 1.52. The van der Waals surface area contributed by atoms with Gasteiger partial charge in [0.25, 0.3) is 5.91 Å². The molecule has 1 aliphatic heterocycles. The van der Waals surface area contributed by atoms with Crippen molar-refractivity contribution in [2.24, 2.45) is 4.99 Å². The van der Waals surface area contributed by atoms with E-state index >= 15 is 0 Å². The Morgan fingerprint density at radius 1 is 1.08 bits per heavy atom.